The van der Waals surface area contributed by atoms with Crippen molar-refractivity contribution in [3.05, 3.63) is 64.3 Å². The number of rotatable bonds is 6. The van der Waals surface area contributed by atoms with Crippen LogP contribution < -0.4 is 0 Å². The van der Waals surface area contributed by atoms with Gasteiger partial charge < -0.3 is 0 Å². The predicted octanol–water partition coefficient (Wildman–Crippen LogP) is 6.31. The van der Waals surface area contributed by atoms with Crippen molar-refractivity contribution < 1.29 is 22.0 Å². The minimum Gasteiger partial charge on any atom is -0.251 e. The van der Waals surface area contributed by atoms with Crippen LogP contribution in [-0.4, -0.2) is 6.67 Å². The number of alkyl halides is 1. The van der Waals surface area contributed by atoms with Gasteiger partial charge >= 0.3 is 0 Å². The summed E-state index contributed by atoms with van der Waals surface area (Å²) in [6.45, 7) is 2.96. The highest BCUT2D eigenvalue weighted by Gasteiger charge is 2.37. The van der Waals surface area contributed by atoms with Crippen LogP contribution in [-0.2, 0) is 12.8 Å². The smallest absolute Gasteiger partial charge is 0.167 e. The van der Waals surface area contributed by atoms with E-state index in [1.165, 1.54) is 6.07 Å². The largest absolute Gasteiger partial charge is 0.251 e. The molecule has 0 fully saturated rings. The lowest BCUT2D eigenvalue weighted by Gasteiger charge is -2.22. The van der Waals surface area contributed by atoms with Gasteiger partial charge in [-0.05, 0) is 49.7 Å². The summed E-state index contributed by atoms with van der Waals surface area (Å²) < 4.78 is 70.1. The molecule has 0 amide bonds. The molecule has 0 aliphatic heterocycles. The molecule has 0 N–H and O–H groups in total. The van der Waals surface area contributed by atoms with E-state index in [-0.39, 0.29) is 42.4 Å². The van der Waals surface area contributed by atoms with Crippen LogP contribution in [0.25, 0.3) is 5.57 Å². The van der Waals surface area contributed by atoms with Crippen LogP contribution in [0.4, 0.5) is 22.0 Å². The zero-order valence-electron chi connectivity index (χ0n) is 13.8. The highest BCUT2D eigenvalue weighted by molar-refractivity contribution is 5.87. The van der Waals surface area contributed by atoms with Crippen molar-refractivity contribution >= 4 is 5.57 Å². The molecular weight excluding hydrogens is 335 g/mol. The minimum atomic E-state index is -1.16. The molecule has 2 aliphatic carbocycles. The van der Waals surface area contributed by atoms with Crippen molar-refractivity contribution in [1.82, 2.24) is 0 Å². The van der Waals surface area contributed by atoms with Gasteiger partial charge in [-0.2, -0.15) is 0 Å². The molecule has 134 valence electrons. The van der Waals surface area contributed by atoms with Gasteiger partial charge in [0.1, 0.15) is 5.83 Å². The van der Waals surface area contributed by atoms with Crippen LogP contribution >= 0.6 is 0 Å². The van der Waals surface area contributed by atoms with E-state index < -0.39 is 35.9 Å². The van der Waals surface area contributed by atoms with Crippen molar-refractivity contribution in [3.8, 4) is 0 Å². The lowest BCUT2D eigenvalue weighted by atomic mass is 9.85. The Labute approximate surface area is 143 Å². The van der Waals surface area contributed by atoms with E-state index in [9.17, 15) is 22.0 Å². The zero-order valence-corrected chi connectivity index (χ0v) is 13.8. The first-order valence-electron chi connectivity index (χ1n) is 8.44. The molecule has 0 radical (unpaired) electrons. The van der Waals surface area contributed by atoms with Crippen LogP contribution in [0.5, 0.6) is 0 Å². The molecule has 0 saturated heterocycles. The number of allylic oxidation sites excluding steroid dienone is 5. The molecule has 0 heterocycles. The number of fused-ring (bicyclic) bond motifs is 2. The maximum atomic E-state index is 14.6. The number of halogens is 5. The van der Waals surface area contributed by atoms with E-state index in [2.05, 4.69) is 6.58 Å². The highest BCUT2D eigenvalue weighted by atomic mass is 19.2. The Bertz CT molecular complexity index is 773. The maximum Gasteiger partial charge on any atom is 0.167 e. The molecule has 2 aliphatic rings. The molecule has 1 aromatic carbocycles. The molecule has 25 heavy (non-hydrogen) atoms. The lowest BCUT2D eigenvalue weighted by Crippen LogP contribution is -2.10. The fourth-order valence-electron chi connectivity index (χ4n) is 3.75. The van der Waals surface area contributed by atoms with Crippen molar-refractivity contribution in [1.29, 1.82) is 0 Å². The summed E-state index contributed by atoms with van der Waals surface area (Å²) in [6.07, 6.45) is 3.35. The van der Waals surface area contributed by atoms with Gasteiger partial charge in [0.15, 0.2) is 17.5 Å². The molecule has 1 unspecified atom stereocenters. The molecule has 3 rings (SSSR count). The molecule has 1 aromatic rings. The maximum absolute atomic E-state index is 14.6. The highest BCUT2D eigenvalue weighted by Crippen LogP contribution is 2.49. The molecule has 5 heteroatoms. The standard InChI is InChI=1S/C20H19F5/c1-2-3-5-11-8-13-10-14-9-12(6-4-7-21)18(23)20(25)16(14)15(13)19(24)17(11)22/h2,9,11H,1,3-8,10H2. The summed E-state index contributed by atoms with van der Waals surface area (Å²) in [4.78, 5) is 0. The Hall–Kier alpha value is -1.91. The second kappa shape index (κ2) is 7.14. The van der Waals surface area contributed by atoms with Gasteiger partial charge in [0.25, 0.3) is 0 Å². The summed E-state index contributed by atoms with van der Waals surface area (Å²) in [5.41, 5.74) is 0.831. The fraction of sp³-hybridized carbons (Fsp3) is 0.400. The lowest BCUT2D eigenvalue weighted by molar-refractivity contribution is 0.403. The normalized spacial score (nSPS) is 19.3. The molecule has 0 nitrogen and oxygen atoms in total. The first-order valence-corrected chi connectivity index (χ1v) is 8.44. The molecule has 0 aromatic heterocycles. The number of aryl methyl sites for hydroxylation is 1. The van der Waals surface area contributed by atoms with E-state index in [0.717, 1.165) is 0 Å². The summed E-state index contributed by atoms with van der Waals surface area (Å²) in [5, 5.41) is 0. The molecule has 0 bridgehead atoms. The van der Waals surface area contributed by atoms with Crippen LogP contribution in [0, 0.1) is 17.6 Å². The average molecular weight is 354 g/mol. The van der Waals surface area contributed by atoms with Gasteiger partial charge in [0.2, 0.25) is 0 Å². The van der Waals surface area contributed by atoms with Gasteiger partial charge in [-0.25, -0.2) is 17.6 Å². The zero-order chi connectivity index (χ0) is 18.1. The number of hydrogen-bond acceptors (Lipinski definition) is 0. The van der Waals surface area contributed by atoms with E-state index in [0.29, 0.717) is 24.0 Å². The monoisotopic (exact) mass is 354 g/mol. The average Bonchev–Trinajstić information content (AvgIpc) is 2.97. The molecule has 0 spiro atoms. The van der Waals surface area contributed by atoms with Gasteiger partial charge in [0, 0.05) is 17.1 Å². The summed E-state index contributed by atoms with van der Waals surface area (Å²) in [7, 11) is 0. The van der Waals surface area contributed by atoms with Crippen molar-refractivity contribution in [2.45, 2.75) is 38.5 Å². The third-order valence-electron chi connectivity index (χ3n) is 4.95. The van der Waals surface area contributed by atoms with Gasteiger partial charge in [-0.3, -0.25) is 4.39 Å². The minimum absolute atomic E-state index is 0.0752. The van der Waals surface area contributed by atoms with Crippen molar-refractivity contribution in [2.24, 2.45) is 5.92 Å². The Morgan fingerprint density at radius 3 is 2.60 bits per heavy atom. The number of hydrogen-bond donors (Lipinski definition) is 0. The summed E-state index contributed by atoms with van der Waals surface area (Å²) in [5.74, 6) is -4.82. The second-order valence-electron chi connectivity index (χ2n) is 6.57. The van der Waals surface area contributed by atoms with Crippen LogP contribution in [0.1, 0.15) is 42.4 Å². The Morgan fingerprint density at radius 2 is 1.92 bits per heavy atom. The fourth-order valence-corrected chi connectivity index (χ4v) is 3.75. The topological polar surface area (TPSA) is 0 Å². The van der Waals surface area contributed by atoms with E-state index in [4.69, 9.17) is 0 Å². The Morgan fingerprint density at radius 1 is 1.16 bits per heavy atom. The first-order chi connectivity index (χ1) is 12.0. The van der Waals surface area contributed by atoms with Crippen LogP contribution in [0.2, 0.25) is 0 Å². The van der Waals surface area contributed by atoms with Crippen LogP contribution in [0.15, 0.2) is 35.9 Å². The first kappa shape index (κ1) is 17.9. The predicted molar refractivity (Wildman–Crippen MR) is 88.1 cm³/mol. The quantitative estimate of drug-likeness (QED) is 0.415. The Balaban J connectivity index is 2.00. The van der Waals surface area contributed by atoms with Crippen molar-refractivity contribution in [2.75, 3.05) is 6.67 Å². The van der Waals surface area contributed by atoms with Gasteiger partial charge in [-0.1, -0.05) is 17.7 Å². The van der Waals surface area contributed by atoms with E-state index in [1.54, 1.807) is 6.08 Å². The SMILES string of the molecule is C=CCCC1CC2=C(C(F)=C1F)c1c(cc(CCCF)c(F)c1F)C2. The Kier molecular flexibility index (Phi) is 5.11. The molecular formula is C20H19F5. The number of benzene rings is 1. The third-order valence-corrected chi connectivity index (χ3v) is 4.95. The van der Waals surface area contributed by atoms with Crippen molar-refractivity contribution in [3.63, 3.8) is 0 Å². The van der Waals surface area contributed by atoms with Gasteiger partial charge in [-0.15, -0.1) is 6.58 Å². The van der Waals surface area contributed by atoms with Crippen LogP contribution in [0.3, 0.4) is 0 Å². The summed E-state index contributed by atoms with van der Waals surface area (Å²) >= 11 is 0. The third kappa shape index (κ3) is 3.05. The van der Waals surface area contributed by atoms with Gasteiger partial charge in [0.05, 0.1) is 6.67 Å². The van der Waals surface area contributed by atoms with E-state index >= 15 is 0 Å². The summed E-state index contributed by atoms with van der Waals surface area (Å²) in [6, 6.07) is 1.46. The van der Waals surface area contributed by atoms with E-state index in [1.807, 2.05) is 0 Å². The molecule has 1 atom stereocenters. The second-order valence-corrected chi connectivity index (χ2v) is 6.57. The molecule has 0 saturated carbocycles.